The third-order valence-corrected chi connectivity index (χ3v) is 4.64. The Morgan fingerprint density at radius 3 is 2.36 bits per heavy atom. The maximum absolute atomic E-state index is 3.91. The van der Waals surface area contributed by atoms with Crippen molar-refractivity contribution in [3.8, 4) is 0 Å². The standard InChI is InChI=1S/C12H22BN/c1-5-10-9(2)11(3,13-4)14-12(10)7-6-8-12/h13-14H,5-8H2,1-4H3. The molecule has 1 fully saturated rings. The SMILES string of the molecule is CBC1(C)NC2(CCC2)C(CC)=C1C. The zero-order valence-electron chi connectivity index (χ0n) is 10.0. The summed E-state index contributed by atoms with van der Waals surface area (Å²) in [6, 6.07) is 0. The molecular weight excluding hydrogens is 169 g/mol. The van der Waals surface area contributed by atoms with Crippen molar-refractivity contribution in [2.45, 2.75) is 64.3 Å². The molecule has 1 N–H and O–H groups in total. The highest BCUT2D eigenvalue weighted by molar-refractivity contribution is 6.40. The Morgan fingerprint density at radius 1 is 1.43 bits per heavy atom. The van der Waals surface area contributed by atoms with Gasteiger partial charge in [0.05, 0.1) is 0 Å². The molecule has 0 bridgehead atoms. The van der Waals surface area contributed by atoms with Crippen LogP contribution in [0.1, 0.15) is 46.5 Å². The maximum atomic E-state index is 3.91. The lowest BCUT2D eigenvalue weighted by Crippen LogP contribution is -2.57. The molecule has 0 aromatic heterocycles. The van der Waals surface area contributed by atoms with Crippen LogP contribution in [0.25, 0.3) is 0 Å². The highest BCUT2D eigenvalue weighted by Gasteiger charge is 2.50. The summed E-state index contributed by atoms with van der Waals surface area (Å²) in [4.78, 5) is 0. The average Bonchev–Trinajstić information content (AvgIpc) is 2.36. The lowest BCUT2D eigenvalue weighted by atomic mass is 9.58. The van der Waals surface area contributed by atoms with Gasteiger partial charge < -0.3 is 5.32 Å². The summed E-state index contributed by atoms with van der Waals surface area (Å²) in [5.74, 6) is 0. The van der Waals surface area contributed by atoms with Crippen molar-refractivity contribution in [1.29, 1.82) is 0 Å². The summed E-state index contributed by atoms with van der Waals surface area (Å²) in [5.41, 5.74) is 4.05. The van der Waals surface area contributed by atoms with E-state index in [0.29, 0.717) is 5.54 Å². The zero-order chi connectivity index (χ0) is 10.4. The predicted octanol–water partition coefficient (Wildman–Crippen LogP) is 2.44. The Balaban J connectivity index is 2.36. The Kier molecular flexibility index (Phi) is 2.30. The van der Waals surface area contributed by atoms with E-state index in [0.717, 1.165) is 0 Å². The fourth-order valence-electron chi connectivity index (χ4n) is 3.30. The molecule has 0 radical (unpaired) electrons. The predicted molar refractivity (Wildman–Crippen MR) is 64.1 cm³/mol. The van der Waals surface area contributed by atoms with Gasteiger partial charge in [0.15, 0.2) is 0 Å². The molecule has 1 unspecified atom stereocenters. The van der Waals surface area contributed by atoms with Gasteiger partial charge in [-0.05, 0) is 32.6 Å². The van der Waals surface area contributed by atoms with Gasteiger partial charge in [0.25, 0.3) is 0 Å². The molecule has 0 aromatic carbocycles. The Bertz CT molecular complexity index is 278. The van der Waals surface area contributed by atoms with Crippen LogP contribution in [0.15, 0.2) is 11.1 Å². The van der Waals surface area contributed by atoms with Gasteiger partial charge in [-0.2, -0.15) is 0 Å². The molecule has 1 heterocycles. The highest BCUT2D eigenvalue weighted by Crippen LogP contribution is 2.48. The maximum Gasteiger partial charge on any atom is 0.148 e. The largest absolute Gasteiger partial charge is 0.306 e. The monoisotopic (exact) mass is 191 g/mol. The van der Waals surface area contributed by atoms with Gasteiger partial charge in [0, 0.05) is 11.0 Å². The van der Waals surface area contributed by atoms with E-state index in [4.69, 9.17) is 0 Å². The second-order valence-corrected chi connectivity index (χ2v) is 5.20. The highest BCUT2D eigenvalue weighted by atomic mass is 15.1. The van der Waals surface area contributed by atoms with E-state index in [1.54, 1.807) is 11.1 Å². The van der Waals surface area contributed by atoms with Crippen LogP contribution in [0.5, 0.6) is 0 Å². The van der Waals surface area contributed by atoms with Crippen molar-refractivity contribution in [3.63, 3.8) is 0 Å². The Morgan fingerprint density at radius 2 is 2.07 bits per heavy atom. The molecule has 78 valence electrons. The molecule has 1 aliphatic heterocycles. The van der Waals surface area contributed by atoms with E-state index in [2.05, 4.69) is 32.9 Å². The quantitative estimate of drug-likeness (QED) is 0.522. The van der Waals surface area contributed by atoms with Gasteiger partial charge in [0.2, 0.25) is 0 Å². The van der Waals surface area contributed by atoms with Crippen LogP contribution in [0.3, 0.4) is 0 Å². The fourth-order valence-corrected chi connectivity index (χ4v) is 3.30. The third-order valence-electron chi connectivity index (χ3n) is 4.64. The summed E-state index contributed by atoms with van der Waals surface area (Å²) in [6.07, 6.45) is 5.37. The molecular formula is C12H22BN. The molecule has 0 saturated heterocycles. The van der Waals surface area contributed by atoms with Crippen molar-refractivity contribution in [2.75, 3.05) is 0 Å². The number of rotatable bonds is 2. The van der Waals surface area contributed by atoms with Crippen molar-refractivity contribution < 1.29 is 0 Å². The zero-order valence-corrected chi connectivity index (χ0v) is 10.0. The number of hydrogen-bond acceptors (Lipinski definition) is 1. The fraction of sp³-hybridized carbons (Fsp3) is 0.833. The van der Waals surface area contributed by atoms with Gasteiger partial charge in [0.1, 0.15) is 7.28 Å². The Labute approximate surface area is 88.6 Å². The van der Waals surface area contributed by atoms with E-state index in [1.807, 2.05) is 0 Å². The number of nitrogens with one attached hydrogen (secondary N) is 1. The lowest BCUT2D eigenvalue weighted by molar-refractivity contribution is 0.226. The van der Waals surface area contributed by atoms with Gasteiger partial charge in [-0.15, -0.1) is 0 Å². The first kappa shape index (κ1) is 10.3. The van der Waals surface area contributed by atoms with Crippen LogP contribution in [0, 0.1) is 0 Å². The van der Waals surface area contributed by atoms with Crippen LogP contribution in [0.2, 0.25) is 6.82 Å². The van der Waals surface area contributed by atoms with E-state index in [-0.39, 0.29) is 5.44 Å². The van der Waals surface area contributed by atoms with E-state index >= 15 is 0 Å². The molecule has 2 rings (SSSR count). The molecule has 1 aliphatic carbocycles. The summed E-state index contributed by atoms with van der Waals surface area (Å²) < 4.78 is 0. The van der Waals surface area contributed by atoms with Crippen molar-refractivity contribution in [3.05, 3.63) is 11.1 Å². The molecule has 1 saturated carbocycles. The summed E-state index contributed by atoms with van der Waals surface area (Å²) in [7, 11) is 1.21. The van der Waals surface area contributed by atoms with Gasteiger partial charge in [-0.1, -0.05) is 31.8 Å². The molecule has 2 heteroatoms. The van der Waals surface area contributed by atoms with E-state index in [1.165, 1.54) is 33.0 Å². The van der Waals surface area contributed by atoms with Crippen molar-refractivity contribution in [2.24, 2.45) is 0 Å². The minimum atomic E-state index is 0.283. The second kappa shape index (κ2) is 3.13. The van der Waals surface area contributed by atoms with Crippen LogP contribution in [-0.2, 0) is 0 Å². The summed E-state index contributed by atoms with van der Waals surface area (Å²) in [6.45, 7) is 9.30. The van der Waals surface area contributed by atoms with Crippen molar-refractivity contribution >= 4 is 7.28 Å². The third kappa shape index (κ3) is 1.13. The first-order chi connectivity index (χ1) is 6.58. The van der Waals surface area contributed by atoms with Crippen LogP contribution >= 0.6 is 0 Å². The van der Waals surface area contributed by atoms with Gasteiger partial charge >= 0.3 is 0 Å². The summed E-state index contributed by atoms with van der Waals surface area (Å²) in [5, 5.41) is 3.91. The summed E-state index contributed by atoms with van der Waals surface area (Å²) >= 11 is 0. The molecule has 2 aliphatic rings. The average molecular weight is 191 g/mol. The number of hydrogen-bond donors (Lipinski definition) is 1. The molecule has 14 heavy (non-hydrogen) atoms. The molecule has 0 amide bonds. The van der Waals surface area contributed by atoms with Crippen LogP contribution in [0.4, 0.5) is 0 Å². The smallest absolute Gasteiger partial charge is 0.148 e. The van der Waals surface area contributed by atoms with E-state index < -0.39 is 0 Å². The van der Waals surface area contributed by atoms with E-state index in [9.17, 15) is 0 Å². The lowest BCUT2D eigenvalue weighted by Gasteiger charge is -2.44. The second-order valence-electron chi connectivity index (χ2n) is 5.20. The molecule has 1 nitrogen and oxygen atoms in total. The van der Waals surface area contributed by atoms with Crippen molar-refractivity contribution in [1.82, 2.24) is 5.32 Å². The normalized spacial score (nSPS) is 34.9. The molecule has 1 spiro atoms. The minimum absolute atomic E-state index is 0.283. The minimum Gasteiger partial charge on any atom is -0.306 e. The molecule has 0 aromatic rings. The first-order valence-corrected chi connectivity index (χ1v) is 6.08. The van der Waals surface area contributed by atoms with Gasteiger partial charge in [-0.3, -0.25) is 0 Å². The van der Waals surface area contributed by atoms with Crippen LogP contribution < -0.4 is 5.32 Å². The Hall–Kier alpha value is -0.235. The topological polar surface area (TPSA) is 12.0 Å². The molecule has 1 atom stereocenters. The first-order valence-electron chi connectivity index (χ1n) is 6.08. The van der Waals surface area contributed by atoms with Gasteiger partial charge in [-0.25, -0.2) is 0 Å². The van der Waals surface area contributed by atoms with Crippen LogP contribution in [-0.4, -0.2) is 18.3 Å².